The van der Waals surface area contributed by atoms with E-state index in [0.29, 0.717) is 5.92 Å². The third kappa shape index (κ3) is 3.14. The number of nitrogens with zero attached hydrogens (tertiary/aromatic N) is 4. The lowest BCUT2D eigenvalue weighted by Gasteiger charge is -2.34. The van der Waals surface area contributed by atoms with Crippen molar-refractivity contribution in [3.63, 3.8) is 0 Å². The number of fused-ring (bicyclic) bond motifs is 1. The van der Waals surface area contributed by atoms with E-state index in [1.165, 1.54) is 11.1 Å². The van der Waals surface area contributed by atoms with Crippen LogP contribution in [0.2, 0.25) is 0 Å². The van der Waals surface area contributed by atoms with Crippen molar-refractivity contribution >= 4 is 22.5 Å². The predicted molar refractivity (Wildman–Crippen MR) is 102 cm³/mol. The number of para-hydroxylation sites is 1. The molecule has 4 rings (SSSR count). The second-order valence-corrected chi connectivity index (χ2v) is 6.94. The first kappa shape index (κ1) is 16.6. The minimum atomic E-state index is -0.333. The first-order chi connectivity index (χ1) is 12.6. The summed E-state index contributed by atoms with van der Waals surface area (Å²) in [7, 11) is 0. The van der Waals surface area contributed by atoms with E-state index < -0.39 is 0 Å². The predicted octanol–water partition coefficient (Wildman–Crippen LogP) is 2.61. The number of piperidine rings is 1. The van der Waals surface area contributed by atoms with Crippen molar-refractivity contribution in [2.75, 3.05) is 18.0 Å². The number of hydrogen-bond donors (Lipinski definition) is 1. The van der Waals surface area contributed by atoms with Crippen molar-refractivity contribution in [3.8, 4) is 0 Å². The molecule has 3 aromatic rings. The van der Waals surface area contributed by atoms with Crippen LogP contribution in [0.5, 0.6) is 0 Å². The SMILES string of the molecule is Cc1cc(N2CCC(c3nccn3CC(N)=O)CC2)c2ccccc2n1. The molecule has 0 radical (unpaired) electrons. The van der Waals surface area contributed by atoms with Crippen molar-refractivity contribution < 1.29 is 4.79 Å². The summed E-state index contributed by atoms with van der Waals surface area (Å²) in [5.41, 5.74) is 8.68. The van der Waals surface area contributed by atoms with E-state index in [1.54, 1.807) is 6.20 Å². The Kier molecular flexibility index (Phi) is 4.32. The highest BCUT2D eigenvalue weighted by Crippen LogP contribution is 2.33. The number of pyridine rings is 1. The van der Waals surface area contributed by atoms with Gasteiger partial charge in [-0.25, -0.2) is 4.98 Å². The zero-order chi connectivity index (χ0) is 18.1. The van der Waals surface area contributed by atoms with Crippen molar-refractivity contribution in [2.45, 2.75) is 32.2 Å². The summed E-state index contributed by atoms with van der Waals surface area (Å²) < 4.78 is 1.88. The highest BCUT2D eigenvalue weighted by Gasteiger charge is 2.25. The van der Waals surface area contributed by atoms with E-state index in [2.05, 4.69) is 39.1 Å². The maximum Gasteiger partial charge on any atom is 0.237 e. The number of benzene rings is 1. The summed E-state index contributed by atoms with van der Waals surface area (Å²) in [6, 6.07) is 10.5. The van der Waals surface area contributed by atoms with E-state index in [9.17, 15) is 4.79 Å². The molecule has 2 aromatic heterocycles. The van der Waals surface area contributed by atoms with Gasteiger partial charge in [0.1, 0.15) is 12.4 Å². The standard InChI is InChI=1S/C20H23N5O/c1-14-12-18(16-4-2-3-5-17(16)23-14)24-9-6-15(7-10-24)20-22-8-11-25(20)13-19(21)26/h2-5,8,11-12,15H,6-7,9-10,13H2,1H3,(H2,21,26). The molecule has 26 heavy (non-hydrogen) atoms. The Morgan fingerprint density at radius 3 is 2.81 bits per heavy atom. The molecule has 1 aromatic carbocycles. The quantitative estimate of drug-likeness (QED) is 0.785. The molecule has 0 spiro atoms. The summed E-state index contributed by atoms with van der Waals surface area (Å²) in [5.74, 6) is 0.995. The normalized spacial score (nSPS) is 15.5. The molecule has 0 unspecified atom stereocenters. The summed E-state index contributed by atoms with van der Waals surface area (Å²) in [6.45, 7) is 4.16. The van der Waals surface area contributed by atoms with Crippen LogP contribution in [0, 0.1) is 6.92 Å². The summed E-state index contributed by atoms with van der Waals surface area (Å²) in [4.78, 5) is 22.8. The second kappa shape index (κ2) is 6.78. The fourth-order valence-corrected chi connectivity index (χ4v) is 3.91. The average molecular weight is 349 g/mol. The Morgan fingerprint density at radius 1 is 1.27 bits per heavy atom. The minimum Gasteiger partial charge on any atom is -0.371 e. The number of primary amides is 1. The van der Waals surface area contributed by atoms with Gasteiger partial charge < -0.3 is 15.2 Å². The van der Waals surface area contributed by atoms with Crippen molar-refractivity contribution in [1.29, 1.82) is 0 Å². The van der Waals surface area contributed by atoms with Crippen LogP contribution in [0.1, 0.15) is 30.3 Å². The van der Waals surface area contributed by atoms with Crippen LogP contribution in [0.15, 0.2) is 42.7 Å². The highest BCUT2D eigenvalue weighted by molar-refractivity contribution is 5.92. The number of amides is 1. The third-order valence-electron chi connectivity index (χ3n) is 5.10. The number of carbonyl (C=O) groups excluding carboxylic acids is 1. The lowest BCUT2D eigenvalue weighted by Crippen LogP contribution is -2.34. The van der Waals surface area contributed by atoms with E-state index >= 15 is 0 Å². The third-order valence-corrected chi connectivity index (χ3v) is 5.10. The van der Waals surface area contributed by atoms with Gasteiger partial charge in [-0.05, 0) is 31.9 Å². The molecule has 1 aliphatic heterocycles. The Labute approximate surface area is 152 Å². The van der Waals surface area contributed by atoms with E-state index in [-0.39, 0.29) is 12.5 Å². The van der Waals surface area contributed by atoms with Crippen LogP contribution in [0.25, 0.3) is 10.9 Å². The number of nitrogens with two attached hydrogens (primary N) is 1. The molecule has 6 nitrogen and oxygen atoms in total. The Morgan fingerprint density at radius 2 is 2.04 bits per heavy atom. The molecule has 0 aliphatic carbocycles. The summed E-state index contributed by atoms with van der Waals surface area (Å²) in [5, 5.41) is 1.20. The van der Waals surface area contributed by atoms with E-state index in [4.69, 9.17) is 5.73 Å². The van der Waals surface area contributed by atoms with Crippen LogP contribution in [-0.2, 0) is 11.3 Å². The zero-order valence-corrected chi connectivity index (χ0v) is 14.9. The molecule has 6 heteroatoms. The molecule has 2 N–H and O–H groups in total. The lowest BCUT2D eigenvalue weighted by molar-refractivity contribution is -0.118. The molecule has 1 aliphatic rings. The van der Waals surface area contributed by atoms with Gasteiger partial charge in [-0.1, -0.05) is 18.2 Å². The summed E-state index contributed by atoms with van der Waals surface area (Å²) >= 11 is 0. The molecular formula is C20H23N5O. The van der Waals surface area contributed by atoms with Crippen LogP contribution in [0.3, 0.4) is 0 Å². The fourth-order valence-electron chi connectivity index (χ4n) is 3.91. The van der Waals surface area contributed by atoms with Crippen LogP contribution < -0.4 is 10.6 Å². The van der Waals surface area contributed by atoms with Gasteiger partial charge in [0.25, 0.3) is 0 Å². The topological polar surface area (TPSA) is 77.0 Å². The fraction of sp³-hybridized carbons (Fsp3) is 0.350. The molecule has 3 heterocycles. The average Bonchev–Trinajstić information content (AvgIpc) is 3.08. The van der Waals surface area contributed by atoms with Crippen molar-refractivity contribution in [2.24, 2.45) is 5.73 Å². The Hall–Kier alpha value is -2.89. The summed E-state index contributed by atoms with van der Waals surface area (Å²) in [6.07, 6.45) is 5.60. The van der Waals surface area contributed by atoms with Crippen LogP contribution in [-0.4, -0.2) is 33.5 Å². The van der Waals surface area contributed by atoms with Gasteiger partial charge in [0.2, 0.25) is 5.91 Å². The largest absolute Gasteiger partial charge is 0.371 e. The van der Waals surface area contributed by atoms with Gasteiger partial charge >= 0.3 is 0 Å². The monoisotopic (exact) mass is 349 g/mol. The highest BCUT2D eigenvalue weighted by atomic mass is 16.1. The van der Waals surface area contributed by atoms with Crippen LogP contribution in [0.4, 0.5) is 5.69 Å². The maximum absolute atomic E-state index is 11.3. The Bertz CT molecular complexity index is 940. The second-order valence-electron chi connectivity index (χ2n) is 6.94. The number of hydrogen-bond acceptors (Lipinski definition) is 4. The number of rotatable bonds is 4. The Balaban J connectivity index is 1.55. The van der Waals surface area contributed by atoms with Gasteiger partial charge in [0.15, 0.2) is 0 Å². The van der Waals surface area contributed by atoms with Gasteiger partial charge in [-0.15, -0.1) is 0 Å². The molecule has 0 bridgehead atoms. The molecule has 1 amide bonds. The zero-order valence-electron chi connectivity index (χ0n) is 14.9. The first-order valence-corrected chi connectivity index (χ1v) is 9.02. The van der Waals surface area contributed by atoms with Gasteiger partial charge in [0, 0.05) is 48.2 Å². The number of anilines is 1. The molecular weight excluding hydrogens is 326 g/mol. The van der Waals surface area contributed by atoms with Crippen molar-refractivity contribution in [3.05, 3.63) is 54.2 Å². The lowest BCUT2D eigenvalue weighted by atomic mass is 9.95. The first-order valence-electron chi connectivity index (χ1n) is 9.02. The number of imidazole rings is 1. The number of aromatic nitrogens is 3. The van der Waals surface area contributed by atoms with Gasteiger partial charge in [-0.2, -0.15) is 0 Å². The van der Waals surface area contributed by atoms with E-state index in [0.717, 1.165) is 43.0 Å². The molecule has 0 saturated carbocycles. The van der Waals surface area contributed by atoms with Gasteiger partial charge in [-0.3, -0.25) is 9.78 Å². The molecule has 134 valence electrons. The van der Waals surface area contributed by atoms with Crippen LogP contribution >= 0.6 is 0 Å². The minimum absolute atomic E-state index is 0.198. The van der Waals surface area contributed by atoms with E-state index in [1.807, 2.05) is 23.8 Å². The smallest absolute Gasteiger partial charge is 0.237 e. The molecule has 1 saturated heterocycles. The number of aryl methyl sites for hydroxylation is 1. The molecule has 0 atom stereocenters. The maximum atomic E-state index is 11.3. The van der Waals surface area contributed by atoms with Gasteiger partial charge in [0.05, 0.1) is 5.52 Å². The number of carbonyl (C=O) groups is 1. The van der Waals surface area contributed by atoms with Crippen molar-refractivity contribution in [1.82, 2.24) is 14.5 Å². The molecule has 1 fully saturated rings.